The first-order chi connectivity index (χ1) is 14.9. The molecular weight excluding hydrogens is 444 g/mol. The third-order valence-electron chi connectivity index (χ3n) is 5.47. The van der Waals surface area contributed by atoms with Crippen LogP contribution in [0.1, 0.15) is 43.6 Å². The van der Waals surface area contributed by atoms with Gasteiger partial charge in [-0.3, -0.25) is 0 Å². The average molecular weight is 471 g/mol. The zero-order valence-corrected chi connectivity index (χ0v) is 19.8. The summed E-state index contributed by atoms with van der Waals surface area (Å²) in [6, 6.07) is 35.9. The Morgan fingerprint density at radius 1 is 0.613 bits per heavy atom. The molecule has 4 aromatic rings. The van der Waals surface area contributed by atoms with E-state index in [1.807, 2.05) is 6.07 Å². The lowest BCUT2D eigenvalue weighted by Gasteiger charge is -2.21. The van der Waals surface area contributed by atoms with Gasteiger partial charge in [-0.1, -0.05) is 116 Å². The topological polar surface area (TPSA) is 9.23 Å². The van der Waals surface area contributed by atoms with Crippen LogP contribution in [-0.4, -0.2) is 0 Å². The molecular formula is C29H27BrO. The van der Waals surface area contributed by atoms with Gasteiger partial charge in [0, 0.05) is 4.47 Å². The Morgan fingerprint density at radius 2 is 1.13 bits per heavy atom. The van der Waals surface area contributed by atoms with Crippen LogP contribution in [0.5, 0.6) is 5.75 Å². The van der Waals surface area contributed by atoms with Gasteiger partial charge in [-0.05, 0) is 57.5 Å². The molecule has 0 saturated carbocycles. The van der Waals surface area contributed by atoms with E-state index in [0.717, 1.165) is 21.3 Å². The van der Waals surface area contributed by atoms with Crippen molar-refractivity contribution in [3.05, 3.63) is 124 Å². The Labute approximate surface area is 193 Å². The summed E-state index contributed by atoms with van der Waals surface area (Å²) in [6.07, 6.45) is -0.161. The number of ether oxygens (including phenoxy) is 1. The van der Waals surface area contributed by atoms with Gasteiger partial charge in [0.1, 0.15) is 11.9 Å². The largest absolute Gasteiger partial charge is 0.481 e. The van der Waals surface area contributed by atoms with Crippen molar-refractivity contribution in [1.29, 1.82) is 0 Å². The third kappa shape index (κ3) is 5.26. The van der Waals surface area contributed by atoms with Crippen LogP contribution in [0, 0.1) is 0 Å². The summed E-state index contributed by atoms with van der Waals surface area (Å²) in [6.45, 7) is 6.72. The molecule has 1 atom stereocenters. The van der Waals surface area contributed by atoms with Crippen LogP contribution in [0.2, 0.25) is 0 Å². The molecule has 0 aliphatic rings. The van der Waals surface area contributed by atoms with E-state index in [9.17, 15) is 0 Å². The predicted molar refractivity (Wildman–Crippen MR) is 134 cm³/mol. The number of halogens is 1. The Bertz CT molecular complexity index is 1110. The van der Waals surface area contributed by atoms with Crippen molar-refractivity contribution >= 4 is 15.9 Å². The monoisotopic (exact) mass is 470 g/mol. The van der Waals surface area contributed by atoms with Crippen LogP contribution in [-0.2, 0) is 5.41 Å². The van der Waals surface area contributed by atoms with Gasteiger partial charge in [0.2, 0.25) is 0 Å². The molecule has 1 unspecified atom stereocenters. The molecule has 0 aliphatic heterocycles. The molecule has 2 heteroatoms. The molecule has 156 valence electrons. The molecule has 0 saturated heterocycles. The smallest absolute Gasteiger partial charge is 0.149 e. The van der Waals surface area contributed by atoms with E-state index in [0.29, 0.717) is 0 Å². The van der Waals surface area contributed by atoms with Crippen molar-refractivity contribution in [1.82, 2.24) is 0 Å². The zero-order chi connectivity index (χ0) is 21.8. The van der Waals surface area contributed by atoms with Crippen LogP contribution >= 0.6 is 15.9 Å². The fourth-order valence-corrected chi connectivity index (χ4v) is 3.88. The Balaban J connectivity index is 1.58. The SMILES string of the molecule is CC(C)(C)c1ccc(-c2ccc(OC(c3ccccc3)c3ccc(Br)cc3)cc2)cc1. The third-order valence-corrected chi connectivity index (χ3v) is 6.00. The first kappa shape index (κ1) is 21.4. The van der Waals surface area contributed by atoms with Crippen LogP contribution in [0.15, 0.2) is 108 Å². The maximum absolute atomic E-state index is 6.47. The molecule has 4 rings (SSSR count). The van der Waals surface area contributed by atoms with Gasteiger partial charge < -0.3 is 4.74 Å². The predicted octanol–water partition coefficient (Wildman–Crippen LogP) is 8.58. The lowest BCUT2D eigenvalue weighted by atomic mass is 9.86. The summed E-state index contributed by atoms with van der Waals surface area (Å²) in [4.78, 5) is 0. The average Bonchev–Trinajstić information content (AvgIpc) is 2.79. The van der Waals surface area contributed by atoms with Gasteiger partial charge >= 0.3 is 0 Å². The molecule has 0 bridgehead atoms. The lowest BCUT2D eigenvalue weighted by Crippen LogP contribution is -2.10. The van der Waals surface area contributed by atoms with Gasteiger partial charge in [0.25, 0.3) is 0 Å². The summed E-state index contributed by atoms with van der Waals surface area (Å²) in [5.41, 5.74) is 6.16. The second kappa shape index (κ2) is 9.11. The minimum Gasteiger partial charge on any atom is -0.481 e. The van der Waals surface area contributed by atoms with Gasteiger partial charge in [-0.15, -0.1) is 0 Å². The molecule has 0 radical (unpaired) electrons. The van der Waals surface area contributed by atoms with Crippen molar-refractivity contribution in [3.63, 3.8) is 0 Å². The minimum atomic E-state index is -0.161. The van der Waals surface area contributed by atoms with Crippen LogP contribution in [0.25, 0.3) is 11.1 Å². The Kier molecular flexibility index (Phi) is 6.29. The summed E-state index contributed by atoms with van der Waals surface area (Å²) in [5, 5.41) is 0. The quantitative estimate of drug-likeness (QED) is 0.283. The standard InChI is InChI=1S/C29H27BrO/c1-29(2,3)25-15-9-21(10-16-25)22-13-19-27(20-14-22)31-28(23-7-5-4-6-8-23)24-11-17-26(30)18-12-24/h4-20,28H,1-3H3. The van der Waals surface area contributed by atoms with Crippen LogP contribution < -0.4 is 4.74 Å². The van der Waals surface area contributed by atoms with Crippen LogP contribution in [0.4, 0.5) is 0 Å². The van der Waals surface area contributed by atoms with Crippen molar-refractivity contribution in [2.24, 2.45) is 0 Å². The number of rotatable bonds is 5. The van der Waals surface area contributed by atoms with E-state index in [4.69, 9.17) is 4.74 Å². The summed E-state index contributed by atoms with van der Waals surface area (Å²) in [7, 11) is 0. The van der Waals surface area contributed by atoms with E-state index in [1.54, 1.807) is 0 Å². The Hall–Kier alpha value is -2.84. The number of hydrogen-bond acceptors (Lipinski definition) is 1. The molecule has 0 amide bonds. The van der Waals surface area contributed by atoms with Crippen molar-refractivity contribution in [3.8, 4) is 16.9 Å². The fraction of sp³-hybridized carbons (Fsp3) is 0.172. The normalized spacial score (nSPS) is 12.4. The number of benzene rings is 4. The van der Waals surface area contributed by atoms with Gasteiger partial charge in [-0.2, -0.15) is 0 Å². The highest BCUT2D eigenvalue weighted by Gasteiger charge is 2.16. The van der Waals surface area contributed by atoms with Crippen molar-refractivity contribution < 1.29 is 4.74 Å². The van der Waals surface area contributed by atoms with Gasteiger partial charge in [-0.25, -0.2) is 0 Å². The Morgan fingerprint density at radius 3 is 1.68 bits per heavy atom. The van der Waals surface area contributed by atoms with E-state index < -0.39 is 0 Å². The van der Waals surface area contributed by atoms with Crippen LogP contribution in [0.3, 0.4) is 0 Å². The first-order valence-corrected chi connectivity index (χ1v) is 11.4. The lowest BCUT2D eigenvalue weighted by molar-refractivity contribution is 0.247. The minimum absolute atomic E-state index is 0.161. The maximum Gasteiger partial charge on any atom is 0.149 e. The first-order valence-electron chi connectivity index (χ1n) is 10.6. The van der Waals surface area contributed by atoms with Crippen molar-refractivity contribution in [2.45, 2.75) is 32.3 Å². The maximum atomic E-state index is 6.47. The molecule has 0 aromatic heterocycles. The van der Waals surface area contributed by atoms with E-state index >= 15 is 0 Å². The molecule has 31 heavy (non-hydrogen) atoms. The van der Waals surface area contributed by atoms with E-state index in [-0.39, 0.29) is 11.5 Å². The zero-order valence-electron chi connectivity index (χ0n) is 18.2. The second-order valence-electron chi connectivity index (χ2n) is 8.81. The van der Waals surface area contributed by atoms with Gasteiger partial charge in [0.05, 0.1) is 0 Å². The highest BCUT2D eigenvalue weighted by Crippen LogP contribution is 2.31. The van der Waals surface area contributed by atoms with Gasteiger partial charge in [0.15, 0.2) is 0 Å². The molecule has 0 spiro atoms. The molecule has 1 nitrogen and oxygen atoms in total. The highest BCUT2D eigenvalue weighted by molar-refractivity contribution is 9.10. The summed E-state index contributed by atoms with van der Waals surface area (Å²) >= 11 is 3.52. The van der Waals surface area contributed by atoms with E-state index in [1.165, 1.54) is 16.7 Å². The van der Waals surface area contributed by atoms with E-state index in [2.05, 4.69) is 134 Å². The molecule has 0 N–H and O–H groups in total. The molecule has 4 aromatic carbocycles. The molecule has 0 heterocycles. The summed E-state index contributed by atoms with van der Waals surface area (Å²) in [5.74, 6) is 0.854. The molecule has 0 aliphatic carbocycles. The fourth-order valence-electron chi connectivity index (χ4n) is 3.62. The van der Waals surface area contributed by atoms with Crippen molar-refractivity contribution in [2.75, 3.05) is 0 Å². The highest BCUT2D eigenvalue weighted by atomic mass is 79.9. The second-order valence-corrected chi connectivity index (χ2v) is 9.73. The molecule has 0 fully saturated rings. The summed E-state index contributed by atoms with van der Waals surface area (Å²) < 4.78 is 7.53. The number of hydrogen-bond donors (Lipinski definition) is 0.